The van der Waals surface area contributed by atoms with Crippen LogP contribution in [0.2, 0.25) is 0 Å². The molecule has 0 aliphatic rings. The monoisotopic (exact) mass is 205 g/mol. The van der Waals surface area contributed by atoms with Crippen molar-refractivity contribution in [2.45, 2.75) is 27.2 Å². The summed E-state index contributed by atoms with van der Waals surface area (Å²) in [7, 11) is 0. The van der Waals surface area contributed by atoms with Gasteiger partial charge in [-0.2, -0.15) is 9.61 Å². The van der Waals surface area contributed by atoms with Crippen molar-refractivity contribution >= 4 is 11.5 Å². The highest BCUT2D eigenvalue weighted by molar-refractivity contribution is 5.54. The summed E-state index contributed by atoms with van der Waals surface area (Å²) in [4.78, 5) is 4.46. The van der Waals surface area contributed by atoms with E-state index in [1.807, 2.05) is 19.9 Å². The molecule has 5 nitrogen and oxygen atoms in total. The Labute approximate surface area is 88.3 Å². The van der Waals surface area contributed by atoms with Gasteiger partial charge < -0.3 is 5.43 Å². The first kappa shape index (κ1) is 9.92. The van der Waals surface area contributed by atoms with Gasteiger partial charge in [-0.25, -0.2) is 10.8 Å². The second-order valence-electron chi connectivity index (χ2n) is 3.57. The summed E-state index contributed by atoms with van der Waals surface area (Å²) in [6.07, 6.45) is 0.894. The van der Waals surface area contributed by atoms with E-state index in [-0.39, 0.29) is 0 Å². The molecular weight excluding hydrogens is 190 g/mol. The highest BCUT2D eigenvalue weighted by Crippen LogP contribution is 2.18. The molecule has 3 N–H and O–H groups in total. The van der Waals surface area contributed by atoms with E-state index in [0.29, 0.717) is 0 Å². The lowest BCUT2D eigenvalue weighted by atomic mass is 10.2. The fourth-order valence-electron chi connectivity index (χ4n) is 1.59. The molecule has 0 atom stereocenters. The van der Waals surface area contributed by atoms with Crippen LogP contribution in [0.5, 0.6) is 0 Å². The molecule has 0 aliphatic heterocycles. The predicted molar refractivity (Wildman–Crippen MR) is 59.6 cm³/mol. The van der Waals surface area contributed by atoms with E-state index in [1.165, 1.54) is 0 Å². The average molecular weight is 205 g/mol. The van der Waals surface area contributed by atoms with E-state index in [4.69, 9.17) is 5.84 Å². The Morgan fingerprint density at radius 2 is 2.20 bits per heavy atom. The molecule has 2 aromatic rings. The Hall–Kier alpha value is -1.62. The molecule has 0 fully saturated rings. The van der Waals surface area contributed by atoms with Crippen LogP contribution in [0.1, 0.15) is 23.9 Å². The van der Waals surface area contributed by atoms with Crippen molar-refractivity contribution in [3.63, 3.8) is 0 Å². The number of rotatable bonds is 2. The standard InChI is InChI=1S/C10H15N5/c1-4-8-5-9-12-7(3)6(2)10(13-11)15(9)14-8/h5,13H,4,11H2,1-3H3. The number of fused-ring (bicyclic) bond motifs is 1. The van der Waals surface area contributed by atoms with Gasteiger partial charge in [0.25, 0.3) is 0 Å². The van der Waals surface area contributed by atoms with Crippen molar-refractivity contribution in [1.29, 1.82) is 0 Å². The number of aryl methyl sites for hydroxylation is 2. The van der Waals surface area contributed by atoms with E-state index in [2.05, 4.69) is 22.4 Å². The Bertz CT molecular complexity index is 500. The Balaban J connectivity index is 2.79. The first-order valence-electron chi connectivity index (χ1n) is 4.99. The van der Waals surface area contributed by atoms with Gasteiger partial charge in [0.05, 0.1) is 5.69 Å². The van der Waals surface area contributed by atoms with Crippen LogP contribution in [0.15, 0.2) is 6.07 Å². The van der Waals surface area contributed by atoms with E-state index in [1.54, 1.807) is 4.52 Å². The van der Waals surface area contributed by atoms with Crippen LogP contribution in [0.25, 0.3) is 5.65 Å². The molecule has 2 rings (SSSR count). The fourth-order valence-corrected chi connectivity index (χ4v) is 1.59. The second-order valence-corrected chi connectivity index (χ2v) is 3.57. The van der Waals surface area contributed by atoms with Gasteiger partial charge in [0.1, 0.15) is 5.82 Å². The van der Waals surface area contributed by atoms with Crippen molar-refractivity contribution in [2.75, 3.05) is 5.43 Å². The van der Waals surface area contributed by atoms with Crippen LogP contribution >= 0.6 is 0 Å². The molecule has 2 aromatic heterocycles. The largest absolute Gasteiger partial charge is 0.308 e. The van der Waals surface area contributed by atoms with Gasteiger partial charge >= 0.3 is 0 Å². The summed E-state index contributed by atoms with van der Waals surface area (Å²) in [5, 5.41) is 4.42. The number of hydrogen-bond donors (Lipinski definition) is 2. The van der Waals surface area contributed by atoms with Crippen LogP contribution in [-0.4, -0.2) is 14.6 Å². The van der Waals surface area contributed by atoms with Crippen molar-refractivity contribution < 1.29 is 0 Å². The number of aromatic nitrogens is 3. The highest BCUT2D eigenvalue weighted by atomic mass is 15.4. The Morgan fingerprint density at radius 3 is 2.80 bits per heavy atom. The molecular formula is C10H15N5. The van der Waals surface area contributed by atoms with Gasteiger partial charge in [0.15, 0.2) is 5.65 Å². The Kier molecular flexibility index (Phi) is 2.32. The van der Waals surface area contributed by atoms with E-state index >= 15 is 0 Å². The molecule has 0 radical (unpaired) electrons. The first-order chi connectivity index (χ1) is 7.17. The average Bonchev–Trinajstić information content (AvgIpc) is 2.62. The zero-order chi connectivity index (χ0) is 11.0. The van der Waals surface area contributed by atoms with Gasteiger partial charge in [-0.15, -0.1) is 0 Å². The molecule has 0 aliphatic carbocycles. The zero-order valence-corrected chi connectivity index (χ0v) is 9.20. The molecule has 0 amide bonds. The fraction of sp³-hybridized carbons (Fsp3) is 0.400. The summed E-state index contributed by atoms with van der Waals surface area (Å²) in [5.41, 5.74) is 6.52. The van der Waals surface area contributed by atoms with Crippen LogP contribution in [0.3, 0.4) is 0 Å². The number of anilines is 1. The van der Waals surface area contributed by atoms with Crippen LogP contribution in [0.4, 0.5) is 5.82 Å². The molecule has 15 heavy (non-hydrogen) atoms. The van der Waals surface area contributed by atoms with Crippen molar-refractivity contribution in [1.82, 2.24) is 14.6 Å². The topological polar surface area (TPSA) is 68.2 Å². The minimum atomic E-state index is 0.803. The summed E-state index contributed by atoms with van der Waals surface area (Å²) in [6.45, 7) is 6.01. The molecule has 5 heteroatoms. The van der Waals surface area contributed by atoms with Crippen LogP contribution in [-0.2, 0) is 6.42 Å². The molecule has 0 saturated heterocycles. The van der Waals surface area contributed by atoms with Crippen molar-refractivity contribution in [3.05, 3.63) is 23.0 Å². The van der Waals surface area contributed by atoms with Gasteiger partial charge in [0.2, 0.25) is 0 Å². The third-order valence-electron chi connectivity index (χ3n) is 2.63. The van der Waals surface area contributed by atoms with E-state index < -0.39 is 0 Å². The minimum absolute atomic E-state index is 0.803. The van der Waals surface area contributed by atoms with Crippen molar-refractivity contribution in [2.24, 2.45) is 5.84 Å². The van der Waals surface area contributed by atoms with E-state index in [0.717, 1.165) is 34.8 Å². The summed E-state index contributed by atoms with van der Waals surface area (Å²) < 4.78 is 1.75. The third kappa shape index (κ3) is 1.45. The van der Waals surface area contributed by atoms with Gasteiger partial charge in [0, 0.05) is 17.3 Å². The molecule has 80 valence electrons. The summed E-state index contributed by atoms with van der Waals surface area (Å²) >= 11 is 0. The van der Waals surface area contributed by atoms with Gasteiger partial charge in [-0.05, 0) is 20.3 Å². The third-order valence-corrected chi connectivity index (χ3v) is 2.63. The van der Waals surface area contributed by atoms with E-state index in [9.17, 15) is 0 Å². The molecule has 0 saturated carbocycles. The molecule has 2 heterocycles. The van der Waals surface area contributed by atoms with Crippen molar-refractivity contribution in [3.8, 4) is 0 Å². The number of hydrazine groups is 1. The zero-order valence-electron chi connectivity index (χ0n) is 9.20. The molecule has 0 bridgehead atoms. The second kappa shape index (κ2) is 3.51. The Morgan fingerprint density at radius 1 is 1.47 bits per heavy atom. The maximum atomic E-state index is 5.50. The first-order valence-corrected chi connectivity index (χ1v) is 4.99. The molecule has 0 spiro atoms. The predicted octanol–water partition coefficient (Wildman–Crippen LogP) is 1.19. The number of nitrogen functional groups attached to an aromatic ring is 1. The van der Waals surface area contributed by atoms with Gasteiger partial charge in [-0.3, -0.25) is 0 Å². The number of nitrogens with two attached hydrogens (primary N) is 1. The quantitative estimate of drug-likeness (QED) is 0.571. The number of nitrogens with one attached hydrogen (secondary N) is 1. The normalized spacial score (nSPS) is 10.9. The maximum Gasteiger partial charge on any atom is 0.157 e. The van der Waals surface area contributed by atoms with Gasteiger partial charge in [-0.1, -0.05) is 6.92 Å². The SMILES string of the molecule is CCc1cc2nc(C)c(C)c(NN)n2n1. The lowest BCUT2D eigenvalue weighted by Crippen LogP contribution is -2.14. The number of hydrogen-bond acceptors (Lipinski definition) is 4. The minimum Gasteiger partial charge on any atom is -0.308 e. The molecule has 0 unspecified atom stereocenters. The summed E-state index contributed by atoms with van der Waals surface area (Å²) in [5.74, 6) is 6.30. The lowest BCUT2D eigenvalue weighted by Gasteiger charge is -2.08. The highest BCUT2D eigenvalue weighted by Gasteiger charge is 2.10. The smallest absolute Gasteiger partial charge is 0.157 e. The number of nitrogens with zero attached hydrogens (tertiary/aromatic N) is 3. The maximum absolute atomic E-state index is 5.50. The lowest BCUT2D eigenvalue weighted by molar-refractivity contribution is 0.873. The molecule has 0 aromatic carbocycles. The van der Waals surface area contributed by atoms with Crippen LogP contribution < -0.4 is 11.3 Å². The summed E-state index contributed by atoms with van der Waals surface area (Å²) in [6, 6.07) is 1.98. The van der Waals surface area contributed by atoms with Crippen LogP contribution in [0, 0.1) is 13.8 Å².